The van der Waals surface area contributed by atoms with Gasteiger partial charge in [-0.15, -0.1) is 0 Å². The number of nitrogens with zero attached hydrogens (tertiary/aromatic N) is 1. The second-order valence-corrected chi connectivity index (χ2v) is 4.88. The van der Waals surface area contributed by atoms with Gasteiger partial charge in [-0.25, -0.2) is 5.84 Å². The predicted octanol–water partition coefficient (Wildman–Crippen LogP) is 1.84. The van der Waals surface area contributed by atoms with Crippen LogP contribution in [0.5, 0.6) is 11.5 Å². The molecule has 1 aliphatic heterocycles. The van der Waals surface area contributed by atoms with Crippen LogP contribution < -0.4 is 20.6 Å². The zero-order valence-electron chi connectivity index (χ0n) is 12.2. The van der Waals surface area contributed by atoms with Crippen molar-refractivity contribution in [3.63, 3.8) is 0 Å². The van der Waals surface area contributed by atoms with Gasteiger partial charge >= 0.3 is 0 Å². The molecule has 1 unspecified atom stereocenters. The van der Waals surface area contributed by atoms with E-state index in [9.17, 15) is 4.79 Å². The molecule has 1 heterocycles. The van der Waals surface area contributed by atoms with E-state index in [1.807, 2.05) is 30.3 Å². The third-order valence-corrected chi connectivity index (χ3v) is 3.52. The van der Waals surface area contributed by atoms with Gasteiger partial charge in [0.1, 0.15) is 6.61 Å². The van der Waals surface area contributed by atoms with Gasteiger partial charge in [-0.3, -0.25) is 9.80 Å². The van der Waals surface area contributed by atoms with Crippen LogP contribution >= 0.6 is 0 Å². The van der Waals surface area contributed by atoms with E-state index in [1.54, 1.807) is 25.3 Å². The summed E-state index contributed by atoms with van der Waals surface area (Å²) in [6.07, 6.45) is -0.452. The first kappa shape index (κ1) is 14.2. The molecule has 0 saturated heterocycles. The fraction of sp³-hybridized carbons (Fsp3) is 0.188. The van der Waals surface area contributed by atoms with E-state index < -0.39 is 6.17 Å². The summed E-state index contributed by atoms with van der Waals surface area (Å²) >= 11 is 0. The zero-order valence-corrected chi connectivity index (χ0v) is 12.2. The number of ether oxygens (including phenoxy) is 2. The summed E-state index contributed by atoms with van der Waals surface area (Å²) in [5.74, 6) is 6.88. The molecule has 3 N–H and O–H groups in total. The normalized spacial score (nSPS) is 16.7. The van der Waals surface area contributed by atoms with E-state index >= 15 is 0 Å². The second-order valence-electron chi connectivity index (χ2n) is 4.88. The first-order valence-corrected chi connectivity index (χ1v) is 6.90. The maximum Gasteiger partial charge on any atom is 0.271 e. The average Bonchev–Trinajstić information content (AvgIpc) is 2.57. The number of benzene rings is 2. The summed E-state index contributed by atoms with van der Waals surface area (Å²) in [7, 11) is 1.58. The number of carbonyl (C=O) groups is 1. The molecule has 0 aliphatic carbocycles. The molecule has 0 fully saturated rings. The van der Waals surface area contributed by atoms with E-state index in [2.05, 4.69) is 5.32 Å². The summed E-state index contributed by atoms with van der Waals surface area (Å²) < 4.78 is 11.0. The van der Waals surface area contributed by atoms with Crippen LogP contribution in [0, 0.1) is 0 Å². The Morgan fingerprint density at radius 1 is 1.14 bits per heavy atom. The number of nitrogens with one attached hydrogen (secondary N) is 1. The lowest BCUT2D eigenvalue weighted by molar-refractivity contribution is 0.0626. The van der Waals surface area contributed by atoms with Crippen LogP contribution in [0.2, 0.25) is 0 Å². The number of carbonyl (C=O) groups excluding carboxylic acids is 1. The quantitative estimate of drug-likeness (QED) is 0.665. The van der Waals surface area contributed by atoms with Gasteiger partial charge in [-0.2, -0.15) is 0 Å². The van der Waals surface area contributed by atoms with Crippen molar-refractivity contribution in [3.8, 4) is 11.5 Å². The summed E-state index contributed by atoms with van der Waals surface area (Å²) in [5.41, 5.74) is 1.31. The Balaban J connectivity index is 1.75. The van der Waals surface area contributed by atoms with E-state index in [0.717, 1.165) is 10.7 Å². The highest BCUT2D eigenvalue weighted by atomic mass is 16.5. The van der Waals surface area contributed by atoms with E-state index in [0.29, 0.717) is 17.1 Å². The number of fused-ring (bicyclic) bond motifs is 1. The van der Waals surface area contributed by atoms with Gasteiger partial charge in [-0.05, 0) is 24.3 Å². The molecule has 6 heteroatoms. The summed E-state index contributed by atoms with van der Waals surface area (Å²) in [5, 5.41) is 4.35. The monoisotopic (exact) mass is 299 g/mol. The molecule has 114 valence electrons. The molecule has 0 aromatic heterocycles. The fourth-order valence-electron chi connectivity index (χ4n) is 2.35. The molecule has 22 heavy (non-hydrogen) atoms. The molecule has 0 bridgehead atoms. The SMILES string of the molecule is COc1ccccc1OCC1Nc2ccccc2C(=O)N1N. The third kappa shape index (κ3) is 2.56. The average molecular weight is 299 g/mol. The Morgan fingerprint density at radius 2 is 1.82 bits per heavy atom. The van der Waals surface area contributed by atoms with Gasteiger partial charge < -0.3 is 14.8 Å². The van der Waals surface area contributed by atoms with Crippen molar-refractivity contribution in [3.05, 3.63) is 54.1 Å². The Kier molecular flexibility index (Phi) is 3.84. The molecule has 6 nitrogen and oxygen atoms in total. The van der Waals surface area contributed by atoms with Crippen LogP contribution in [0.15, 0.2) is 48.5 Å². The van der Waals surface area contributed by atoms with Crippen LogP contribution in [0.1, 0.15) is 10.4 Å². The highest BCUT2D eigenvalue weighted by molar-refractivity contribution is 6.01. The number of anilines is 1. The van der Waals surface area contributed by atoms with Crippen molar-refractivity contribution in [2.45, 2.75) is 6.17 Å². The van der Waals surface area contributed by atoms with Crippen LogP contribution in [-0.4, -0.2) is 30.8 Å². The van der Waals surface area contributed by atoms with Crippen LogP contribution in [0.4, 0.5) is 5.69 Å². The van der Waals surface area contributed by atoms with Crippen molar-refractivity contribution in [2.75, 3.05) is 19.0 Å². The smallest absolute Gasteiger partial charge is 0.271 e. The van der Waals surface area contributed by atoms with Gasteiger partial charge in [0.15, 0.2) is 17.7 Å². The molecule has 0 radical (unpaired) electrons. The Labute approximate surface area is 128 Å². The predicted molar refractivity (Wildman–Crippen MR) is 82.7 cm³/mol. The number of amides is 1. The molecule has 3 rings (SSSR count). The molecular formula is C16H17N3O3. The molecule has 1 aliphatic rings. The lowest BCUT2D eigenvalue weighted by atomic mass is 10.1. The van der Waals surface area contributed by atoms with Crippen LogP contribution in [0.25, 0.3) is 0 Å². The van der Waals surface area contributed by atoms with Crippen LogP contribution in [0.3, 0.4) is 0 Å². The second kappa shape index (κ2) is 5.95. The Bertz CT molecular complexity index is 690. The number of para-hydroxylation sites is 3. The summed E-state index contributed by atoms with van der Waals surface area (Å²) in [6.45, 7) is 0.205. The maximum absolute atomic E-state index is 12.2. The highest BCUT2D eigenvalue weighted by Crippen LogP contribution is 2.27. The lowest BCUT2D eigenvalue weighted by Gasteiger charge is -2.34. The highest BCUT2D eigenvalue weighted by Gasteiger charge is 2.30. The molecule has 2 aromatic rings. The number of hydrazine groups is 1. The molecule has 0 saturated carbocycles. The number of hydrogen-bond acceptors (Lipinski definition) is 5. The zero-order chi connectivity index (χ0) is 15.5. The van der Waals surface area contributed by atoms with E-state index in [1.165, 1.54) is 0 Å². The van der Waals surface area contributed by atoms with Crippen molar-refractivity contribution >= 4 is 11.6 Å². The molecule has 1 amide bonds. The first-order chi connectivity index (χ1) is 10.7. The Morgan fingerprint density at radius 3 is 2.59 bits per heavy atom. The minimum atomic E-state index is -0.452. The van der Waals surface area contributed by atoms with Gasteiger partial charge in [0.2, 0.25) is 0 Å². The minimum Gasteiger partial charge on any atom is -0.493 e. The molecule has 0 spiro atoms. The molecule has 2 aromatic carbocycles. The molecule has 1 atom stereocenters. The van der Waals surface area contributed by atoms with Gasteiger partial charge in [0, 0.05) is 5.69 Å². The van der Waals surface area contributed by atoms with Gasteiger partial charge in [-0.1, -0.05) is 24.3 Å². The van der Waals surface area contributed by atoms with E-state index in [-0.39, 0.29) is 12.5 Å². The maximum atomic E-state index is 12.2. The largest absolute Gasteiger partial charge is 0.493 e. The van der Waals surface area contributed by atoms with Gasteiger partial charge in [0.25, 0.3) is 5.91 Å². The topological polar surface area (TPSA) is 76.8 Å². The lowest BCUT2D eigenvalue weighted by Crippen LogP contribution is -2.55. The van der Waals surface area contributed by atoms with E-state index in [4.69, 9.17) is 15.3 Å². The van der Waals surface area contributed by atoms with Crippen molar-refractivity contribution < 1.29 is 14.3 Å². The Hall–Kier alpha value is -2.73. The molecular weight excluding hydrogens is 282 g/mol. The summed E-state index contributed by atoms with van der Waals surface area (Å²) in [6, 6.07) is 14.6. The van der Waals surface area contributed by atoms with Gasteiger partial charge in [0.05, 0.1) is 12.7 Å². The van der Waals surface area contributed by atoms with Crippen molar-refractivity contribution in [1.29, 1.82) is 0 Å². The minimum absolute atomic E-state index is 0.205. The number of methoxy groups -OCH3 is 1. The number of rotatable bonds is 4. The van der Waals surface area contributed by atoms with Crippen molar-refractivity contribution in [2.24, 2.45) is 5.84 Å². The number of hydrogen-bond donors (Lipinski definition) is 2. The number of nitrogens with two attached hydrogens (primary N) is 1. The standard InChI is InChI=1S/C16H17N3O3/c1-21-13-8-4-5-9-14(13)22-10-15-18-12-7-3-2-6-11(12)16(20)19(15)17/h2-9,15,18H,10,17H2,1H3. The summed E-state index contributed by atoms with van der Waals surface area (Å²) in [4.78, 5) is 12.2. The van der Waals surface area contributed by atoms with Crippen molar-refractivity contribution in [1.82, 2.24) is 5.01 Å². The van der Waals surface area contributed by atoms with Crippen LogP contribution in [-0.2, 0) is 0 Å². The fourth-order valence-corrected chi connectivity index (χ4v) is 2.35. The third-order valence-electron chi connectivity index (χ3n) is 3.52. The first-order valence-electron chi connectivity index (χ1n) is 6.90.